The minimum atomic E-state index is -0.349. The minimum Gasteiger partial charge on any atom is -0.383 e. The summed E-state index contributed by atoms with van der Waals surface area (Å²) in [6.45, 7) is 1.23. The summed E-state index contributed by atoms with van der Waals surface area (Å²) < 4.78 is 7.87. The maximum atomic E-state index is 11.6. The molecule has 2 rings (SSSR count). The Hall–Kier alpha value is -1.86. The maximum absolute atomic E-state index is 11.6. The van der Waals surface area contributed by atoms with Crippen LogP contribution >= 0.6 is 11.6 Å². The van der Waals surface area contributed by atoms with Gasteiger partial charge in [-0.05, 0) is 0 Å². The Kier molecular flexibility index (Phi) is 4.18. The number of hydrogen-bond acceptors (Lipinski definition) is 5. The fourth-order valence-corrected chi connectivity index (χ4v) is 1.71. The second-order valence-electron chi connectivity index (χ2n) is 3.91. The van der Waals surface area contributed by atoms with Gasteiger partial charge >= 0.3 is 0 Å². The lowest BCUT2D eigenvalue weighted by molar-refractivity contribution is 0.183. The molecule has 0 aliphatic carbocycles. The van der Waals surface area contributed by atoms with Crippen molar-refractivity contribution in [3.05, 3.63) is 34.0 Å². The number of anilines is 2. The van der Waals surface area contributed by atoms with Crippen LogP contribution in [-0.4, -0.2) is 33.3 Å². The maximum Gasteiger partial charge on any atom is 0.287 e. The zero-order chi connectivity index (χ0) is 13.8. The third-order valence-electron chi connectivity index (χ3n) is 2.51. The molecule has 0 aliphatic rings. The SMILES string of the molecule is COCCn1cc(Nc2cnn(C)c(=O)c2Cl)cn1. The first-order valence-corrected chi connectivity index (χ1v) is 6.00. The van der Waals surface area contributed by atoms with Crippen LogP contribution in [-0.2, 0) is 18.3 Å². The highest BCUT2D eigenvalue weighted by atomic mass is 35.5. The molecule has 0 aliphatic heterocycles. The molecule has 0 unspecified atom stereocenters. The summed E-state index contributed by atoms with van der Waals surface area (Å²) in [5, 5.41) is 11.2. The van der Waals surface area contributed by atoms with Gasteiger partial charge in [0.15, 0.2) is 0 Å². The first kappa shape index (κ1) is 13.6. The summed E-state index contributed by atoms with van der Waals surface area (Å²) in [4.78, 5) is 11.6. The Bertz CT molecular complexity index is 622. The average molecular weight is 284 g/mol. The molecule has 0 amide bonds. The Morgan fingerprint density at radius 1 is 1.42 bits per heavy atom. The number of halogens is 1. The van der Waals surface area contributed by atoms with Crippen molar-refractivity contribution in [3.63, 3.8) is 0 Å². The molecular weight excluding hydrogens is 270 g/mol. The fourth-order valence-electron chi connectivity index (χ4n) is 1.49. The van der Waals surface area contributed by atoms with Crippen LogP contribution in [0, 0.1) is 0 Å². The minimum absolute atomic E-state index is 0.0992. The average Bonchev–Trinajstić information content (AvgIpc) is 2.85. The number of methoxy groups -OCH3 is 1. The Morgan fingerprint density at radius 3 is 2.95 bits per heavy atom. The molecule has 0 atom stereocenters. The number of hydrogen-bond donors (Lipinski definition) is 1. The molecule has 0 spiro atoms. The third-order valence-corrected chi connectivity index (χ3v) is 2.88. The van der Waals surface area contributed by atoms with Gasteiger partial charge in [-0.2, -0.15) is 10.2 Å². The summed E-state index contributed by atoms with van der Waals surface area (Å²) in [7, 11) is 3.18. The van der Waals surface area contributed by atoms with Gasteiger partial charge in [0.25, 0.3) is 5.56 Å². The second-order valence-corrected chi connectivity index (χ2v) is 4.29. The molecule has 0 bridgehead atoms. The van der Waals surface area contributed by atoms with Crippen LogP contribution < -0.4 is 10.9 Å². The zero-order valence-electron chi connectivity index (χ0n) is 10.6. The lowest BCUT2D eigenvalue weighted by Crippen LogP contribution is -2.20. The van der Waals surface area contributed by atoms with Crippen LogP contribution in [0.2, 0.25) is 5.02 Å². The monoisotopic (exact) mass is 283 g/mol. The molecule has 2 heterocycles. The molecule has 7 nitrogen and oxygen atoms in total. The van der Waals surface area contributed by atoms with Crippen molar-refractivity contribution in [2.75, 3.05) is 19.0 Å². The number of nitrogens with one attached hydrogen (secondary N) is 1. The van der Waals surface area contributed by atoms with E-state index in [1.165, 1.54) is 10.9 Å². The van der Waals surface area contributed by atoms with Crippen molar-refractivity contribution in [1.29, 1.82) is 0 Å². The first-order valence-electron chi connectivity index (χ1n) is 5.62. The van der Waals surface area contributed by atoms with Crippen LogP contribution in [0.15, 0.2) is 23.4 Å². The van der Waals surface area contributed by atoms with Gasteiger partial charge in [0.1, 0.15) is 5.02 Å². The van der Waals surface area contributed by atoms with E-state index in [2.05, 4.69) is 15.5 Å². The summed E-state index contributed by atoms with van der Waals surface area (Å²) >= 11 is 5.96. The van der Waals surface area contributed by atoms with E-state index in [9.17, 15) is 4.79 Å². The van der Waals surface area contributed by atoms with Gasteiger partial charge in [-0.25, -0.2) is 4.68 Å². The van der Waals surface area contributed by atoms with Gasteiger partial charge < -0.3 is 10.1 Å². The van der Waals surface area contributed by atoms with E-state index in [0.717, 1.165) is 5.69 Å². The molecule has 0 saturated heterocycles. The molecule has 0 fully saturated rings. The topological polar surface area (TPSA) is 74.0 Å². The van der Waals surface area contributed by atoms with E-state index in [1.807, 2.05) is 0 Å². The van der Waals surface area contributed by atoms with Crippen molar-refractivity contribution < 1.29 is 4.74 Å². The largest absolute Gasteiger partial charge is 0.383 e. The molecule has 19 heavy (non-hydrogen) atoms. The lowest BCUT2D eigenvalue weighted by Gasteiger charge is -2.05. The van der Waals surface area contributed by atoms with Crippen molar-refractivity contribution >= 4 is 23.0 Å². The summed E-state index contributed by atoms with van der Waals surface area (Å²) in [6.07, 6.45) is 4.94. The summed E-state index contributed by atoms with van der Waals surface area (Å²) in [6, 6.07) is 0. The Balaban J connectivity index is 2.15. The van der Waals surface area contributed by atoms with Crippen molar-refractivity contribution in [1.82, 2.24) is 19.6 Å². The molecule has 1 N–H and O–H groups in total. The van der Waals surface area contributed by atoms with Gasteiger partial charge in [0, 0.05) is 20.4 Å². The smallest absolute Gasteiger partial charge is 0.287 e. The number of aromatic nitrogens is 4. The normalized spacial score (nSPS) is 10.7. The van der Waals surface area contributed by atoms with Gasteiger partial charge in [-0.1, -0.05) is 11.6 Å². The molecule has 0 radical (unpaired) electrons. The van der Waals surface area contributed by atoms with E-state index < -0.39 is 0 Å². The summed E-state index contributed by atoms with van der Waals surface area (Å²) in [5.74, 6) is 0. The van der Waals surface area contributed by atoms with Gasteiger partial charge in [-0.15, -0.1) is 0 Å². The highest BCUT2D eigenvalue weighted by molar-refractivity contribution is 6.33. The fraction of sp³-hybridized carbons (Fsp3) is 0.364. The number of nitrogens with zero attached hydrogens (tertiary/aromatic N) is 4. The van der Waals surface area contributed by atoms with Crippen LogP contribution in [0.25, 0.3) is 0 Å². The summed E-state index contributed by atoms with van der Waals surface area (Å²) in [5.41, 5.74) is 0.836. The highest BCUT2D eigenvalue weighted by Crippen LogP contribution is 2.20. The zero-order valence-corrected chi connectivity index (χ0v) is 11.4. The van der Waals surface area contributed by atoms with Gasteiger partial charge in [0.05, 0.1) is 36.9 Å². The Labute approximate surface area is 114 Å². The van der Waals surface area contributed by atoms with Crippen LogP contribution in [0.3, 0.4) is 0 Å². The quantitative estimate of drug-likeness (QED) is 0.887. The number of rotatable bonds is 5. The van der Waals surface area contributed by atoms with Crippen molar-refractivity contribution in [2.45, 2.75) is 6.54 Å². The number of aryl methyl sites for hydroxylation is 1. The van der Waals surface area contributed by atoms with E-state index >= 15 is 0 Å². The predicted octanol–water partition coefficient (Wildman–Crippen LogP) is 1.02. The van der Waals surface area contributed by atoms with Gasteiger partial charge in [0.2, 0.25) is 0 Å². The van der Waals surface area contributed by atoms with Crippen LogP contribution in [0.4, 0.5) is 11.4 Å². The molecule has 0 aromatic carbocycles. The second kappa shape index (κ2) is 5.85. The van der Waals surface area contributed by atoms with Crippen molar-refractivity contribution in [3.8, 4) is 0 Å². The predicted molar refractivity (Wildman–Crippen MR) is 71.9 cm³/mol. The molecule has 0 saturated carbocycles. The standard InChI is InChI=1S/C11H14ClN5O2/c1-16-11(18)10(12)9(6-13-16)15-8-5-14-17(7-8)3-4-19-2/h5-7,15H,3-4H2,1-2H3. The molecule has 102 valence electrons. The first-order chi connectivity index (χ1) is 9.11. The van der Waals surface area contributed by atoms with Crippen molar-refractivity contribution in [2.24, 2.45) is 7.05 Å². The van der Waals surface area contributed by atoms with Crippen LogP contribution in [0.1, 0.15) is 0 Å². The molecular formula is C11H14ClN5O2. The van der Waals surface area contributed by atoms with Crippen LogP contribution in [0.5, 0.6) is 0 Å². The van der Waals surface area contributed by atoms with E-state index in [4.69, 9.17) is 16.3 Å². The molecule has 2 aromatic heterocycles. The molecule has 8 heteroatoms. The highest BCUT2D eigenvalue weighted by Gasteiger charge is 2.08. The van der Waals surface area contributed by atoms with E-state index in [1.54, 1.807) is 31.2 Å². The Morgan fingerprint density at radius 2 is 2.21 bits per heavy atom. The third kappa shape index (κ3) is 3.12. The van der Waals surface area contributed by atoms with E-state index in [0.29, 0.717) is 18.8 Å². The van der Waals surface area contributed by atoms with E-state index in [-0.39, 0.29) is 10.6 Å². The van der Waals surface area contributed by atoms with Gasteiger partial charge in [-0.3, -0.25) is 9.48 Å². The number of ether oxygens (including phenoxy) is 1. The molecule has 2 aromatic rings. The lowest BCUT2D eigenvalue weighted by atomic mass is 10.4.